The van der Waals surface area contributed by atoms with Crippen molar-refractivity contribution in [1.29, 1.82) is 0 Å². The van der Waals surface area contributed by atoms with E-state index < -0.39 is 0 Å². The molecule has 0 aliphatic heterocycles. The van der Waals surface area contributed by atoms with E-state index in [4.69, 9.17) is 9.47 Å². The van der Waals surface area contributed by atoms with E-state index >= 15 is 0 Å². The van der Waals surface area contributed by atoms with Crippen LogP contribution in [0.1, 0.15) is 42.1 Å². The summed E-state index contributed by atoms with van der Waals surface area (Å²) in [5.74, 6) is 1.40. The Balaban J connectivity index is 1.48. The molecule has 3 rings (SSSR count). The van der Waals surface area contributed by atoms with Gasteiger partial charge in [0.25, 0.3) is 5.91 Å². The molecule has 1 aliphatic carbocycles. The molecule has 2 N–H and O–H groups in total. The highest BCUT2D eigenvalue weighted by Gasteiger charge is 2.11. The first-order chi connectivity index (χ1) is 13.6. The fraction of sp³-hybridized carbons (Fsp3) is 0.273. The molecule has 6 heteroatoms. The van der Waals surface area contributed by atoms with Crippen molar-refractivity contribution < 1.29 is 19.1 Å². The van der Waals surface area contributed by atoms with Gasteiger partial charge in [-0.15, -0.1) is 0 Å². The van der Waals surface area contributed by atoms with Crippen LogP contribution in [0.2, 0.25) is 0 Å². The van der Waals surface area contributed by atoms with Crippen molar-refractivity contribution >= 4 is 11.7 Å². The van der Waals surface area contributed by atoms with Crippen molar-refractivity contribution in [2.45, 2.75) is 32.8 Å². The molecule has 0 aromatic heterocycles. The van der Waals surface area contributed by atoms with Crippen LogP contribution in [-0.4, -0.2) is 18.3 Å². The SMILES string of the molecule is CCOc1ccc(OCc2ccc(C(=O)NNC3=CC(=O)CCC3)cc2)cc1. The summed E-state index contributed by atoms with van der Waals surface area (Å²) in [6.45, 7) is 2.98. The number of hydrogen-bond donors (Lipinski definition) is 2. The molecule has 0 unspecified atom stereocenters. The van der Waals surface area contributed by atoms with Crippen molar-refractivity contribution in [2.75, 3.05) is 6.61 Å². The summed E-state index contributed by atoms with van der Waals surface area (Å²) in [7, 11) is 0. The van der Waals surface area contributed by atoms with Gasteiger partial charge in [-0.2, -0.15) is 0 Å². The number of allylic oxidation sites excluding steroid dienone is 2. The fourth-order valence-electron chi connectivity index (χ4n) is 2.82. The van der Waals surface area contributed by atoms with Crippen LogP contribution in [0.5, 0.6) is 11.5 Å². The van der Waals surface area contributed by atoms with Gasteiger partial charge >= 0.3 is 0 Å². The maximum absolute atomic E-state index is 12.2. The van der Waals surface area contributed by atoms with Gasteiger partial charge in [0, 0.05) is 23.8 Å². The molecule has 0 fully saturated rings. The van der Waals surface area contributed by atoms with Crippen LogP contribution in [0.4, 0.5) is 0 Å². The first-order valence-electron chi connectivity index (χ1n) is 9.38. The number of benzene rings is 2. The van der Waals surface area contributed by atoms with Gasteiger partial charge in [0.1, 0.15) is 18.1 Å². The normalized spacial score (nSPS) is 13.5. The first kappa shape index (κ1) is 19.5. The molecular formula is C22H24N2O4. The van der Waals surface area contributed by atoms with Gasteiger partial charge in [-0.3, -0.25) is 15.0 Å². The molecule has 28 heavy (non-hydrogen) atoms. The number of rotatable bonds is 8. The highest BCUT2D eigenvalue weighted by atomic mass is 16.5. The second-order valence-electron chi connectivity index (χ2n) is 6.46. The predicted octanol–water partition coefficient (Wildman–Crippen LogP) is 3.54. The molecule has 0 atom stereocenters. The molecular weight excluding hydrogens is 356 g/mol. The average Bonchev–Trinajstić information content (AvgIpc) is 2.72. The van der Waals surface area contributed by atoms with Crippen LogP contribution in [0.3, 0.4) is 0 Å². The van der Waals surface area contributed by atoms with E-state index in [1.54, 1.807) is 18.2 Å². The van der Waals surface area contributed by atoms with Gasteiger partial charge in [-0.25, -0.2) is 0 Å². The maximum Gasteiger partial charge on any atom is 0.269 e. The van der Waals surface area contributed by atoms with Crippen molar-refractivity contribution in [1.82, 2.24) is 10.9 Å². The van der Waals surface area contributed by atoms with Crippen molar-refractivity contribution in [3.05, 3.63) is 71.4 Å². The number of carbonyl (C=O) groups is 2. The molecule has 1 amide bonds. The lowest BCUT2D eigenvalue weighted by Gasteiger charge is -2.15. The topological polar surface area (TPSA) is 76.7 Å². The largest absolute Gasteiger partial charge is 0.494 e. The Morgan fingerprint density at radius 3 is 2.29 bits per heavy atom. The van der Waals surface area contributed by atoms with Gasteiger partial charge in [-0.05, 0) is 61.7 Å². The number of carbonyl (C=O) groups excluding carboxylic acids is 2. The minimum absolute atomic E-state index is 0.0832. The third kappa shape index (κ3) is 5.61. The van der Waals surface area contributed by atoms with Crippen molar-refractivity contribution in [2.24, 2.45) is 0 Å². The zero-order valence-corrected chi connectivity index (χ0v) is 15.9. The smallest absolute Gasteiger partial charge is 0.269 e. The van der Waals surface area contributed by atoms with E-state index in [9.17, 15) is 9.59 Å². The maximum atomic E-state index is 12.2. The standard InChI is InChI=1S/C22H24N2O4/c1-2-27-20-10-12-21(13-11-20)28-15-16-6-8-17(9-7-16)22(26)24-23-18-4-3-5-19(25)14-18/h6-14,23H,2-5,15H2,1H3,(H,24,26). The summed E-state index contributed by atoms with van der Waals surface area (Å²) < 4.78 is 11.2. The molecule has 0 radical (unpaired) electrons. The summed E-state index contributed by atoms with van der Waals surface area (Å²) in [4.78, 5) is 23.6. The average molecular weight is 380 g/mol. The van der Waals surface area contributed by atoms with Crippen LogP contribution in [0.15, 0.2) is 60.3 Å². The van der Waals surface area contributed by atoms with E-state index in [0.29, 0.717) is 25.2 Å². The Hall–Kier alpha value is -3.28. The third-order valence-electron chi connectivity index (χ3n) is 4.30. The molecule has 2 aromatic rings. The summed E-state index contributed by atoms with van der Waals surface area (Å²) in [6.07, 6.45) is 3.68. The number of hydrogen-bond acceptors (Lipinski definition) is 5. The molecule has 0 bridgehead atoms. The highest BCUT2D eigenvalue weighted by molar-refractivity contribution is 5.94. The summed E-state index contributed by atoms with van der Waals surface area (Å²) in [6, 6.07) is 14.7. The second-order valence-corrected chi connectivity index (χ2v) is 6.46. The molecule has 0 saturated carbocycles. The van der Waals surface area contributed by atoms with Gasteiger partial charge < -0.3 is 14.9 Å². The van der Waals surface area contributed by atoms with Crippen LogP contribution in [-0.2, 0) is 11.4 Å². The number of amides is 1. The molecule has 1 aliphatic rings. The van der Waals surface area contributed by atoms with Gasteiger partial charge in [0.2, 0.25) is 0 Å². The zero-order valence-electron chi connectivity index (χ0n) is 15.9. The van der Waals surface area contributed by atoms with E-state index in [2.05, 4.69) is 10.9 Å². The zero-order chi connectivity index (χ0) is 19.8. The molecule has 0 saturated heterocycles. The van der Waals surface area contributed by atoms with E-state index in [-0.39, 0.29) is 11.7 Å². The minimum Gasteiger partial charge on any atom is -0.494 e. The van der Waals surface area contributed by atoms with Crippen LogP contribution in [0, 0.1) is 0 Å². The number of hydrazine groups is 1. The Bertz CT molecular complexity index is 842. The fourth-order valence-corrected chi connectivity index (χ4v) is 2.82. The number of ether oxygens (including phenoxy) is 2. The Morgan fingerprint density at radius 2 is 1.64 bits per heavy atom. The van der Waals surface area contributed by atoms with E-state index in [1.165, 1.54) is 0 Å². The van der Waals surface area contributed by atoms with Gasteiger partial charge in [-0.1, -0.05) is 12.1 Å². The van der Waals surface area contributed by atoms with Crippen LogP contribution < -0.4 is 20.3 Å². The second kappa shape index (κ2) is 9.60. The van der Waals surface area contributed by atoms with Crippen LogP contribution in [0.25, 0.3) is 0 Å². The highest BCUT2D eigenvalue weighted by Crippen LogP contribution is 2.19. The first-order valence-corrected chi connectivity index (χ1v) is 9.38. The third-order valence-corrected chi connectivity index (χ3v) is 4.30. The number of ketones is 1. The molecule has 0 heterocycles. The minimum atomic E-state index is -0.252. The molecule has 6 nitrogen and oxygen atoms in total. The Kier molecular flexibility index (Phi) is 6.68. The van der Waals surface area contributed by atoms with E-state index in [0.717, 1.165) is 35.6 Å². The molecule has 2 aromatic carbocycles. The lowest BCUT2D eigenvalue weighted by Crippen LogP contribution is -2.37. The molecule has 0 spiro atoms. The van der Waals surface area contributed by atoms with Gasteiger partial charge in [0.05, 0.1) is 6.61 Å². The lowest BCUT2D eigenvalue weighted by atomic mass is 10.0. The van der Waals surface area contributed by atoms with E-state index in [1.807, 2.05) is 43.3 Å². The monoisotopic (exact) mass is 380 g/mol. The predicted molar refractivity (Wildman–Crippen MR) is 106 cm³/mol. The Labute approximate surface area is 164 Å². The number of nitrogens with one attached hydrogen (secondary N) is 2. The quantitative estimate of drug-likeness (QED) is 0.685. The lowest BCUT2D eigenvalue weighted by molar-refractivity contribution is -0.115. The summed E-state index contributed by atoms with van der Waals surface area (Å²) in [5, 5.41) is 0. The summed E-state index contributed by atoms with van der Waals surface area (Å²) in [5.41, 5.74) is 7.69. The Morgan fingerprint density at radius 1 is 0.964 bits per heavy atom. The van der Waals surface area contributed by atoms with Crippen molar-refractivity contribution in [3.63, 3.8) is 0 Å². The van der Waals surface area contributed by atoms with Gasteiger partial charge in [0.15, 0.2) is 5.78 Å². The molecule has 146 valence electrons. The van der Waals surface area contributed by atoms with Crippen molar-refractivity contribution in [3.8, 4) is 11.5 Å². The summed E-state index contributed by atoms with van der Waals surface area (Å²) >= 11 is 0. The van der Waals surface area contributed by atoms with Crippen LogP contribution >= 0.6 is 0 Å².